The summed E-state index contributed by atoms with van der Waals surface area (Å²) in [5, 5.41) is 0. The summed E-state index contributed by atoms with van der Waals surface area (Å²) >= 11 is 0. The Labute approximate surface area is 191 Å². The number of aryl methyl sites for hydroxylation is 2. The van der Waals surface area contributed by atoms with Gasteiger partial charge in [-0.3, -0.25) is 9.80 Å². The highest BCUT2D eigenvalue weighted by Gasteiger charge is 2.22. The average Bonchev–Trinajstić information content (AvgIpc) is 3.12. The lowest BCUT2D eigenvalue weighted by molar-refractivity contribution is 0.119. The molecule has 1 aliphatic rings. The van der Waals surface area contributed by atoms with Crippen molar-refractivity contribution in [1.29, 1.82) is 0 Å². The maximum absolute atomic E-state index is 12.5. The maximum Gasteiger partial charge on any atom is 0.242 e. The molecule has 3 aromatic rings. The van der Waals surface area contributed by atoms with Crippen molar-refractivity contribution in [3.63, 3.8) is 0 Å². The van der Waals surface area contributed by atoms with Gasteiger partial charge in [-0.1, -0.05) is 24.3 Å². The van der Waals surface area contributed by atoms with Crippen molar-refractivity contribution < 1.29 is 8.42 Å². The quantitative estimate of drug-likeness (QED) is 0.548. The van der Waals surface area contributed by atoms with Gasteiger partial charge in [0.05, 0.1) is 22.5 Å². The molecule has 2 aromatic carbocycles. The molecule has 0 atom stereocenters. The van der Waals surface area contributed by atoms with Crippen LogP contribution in [0.15, 0.2) is 47.4 Å². The molecule has 0 bridgehead atoms. The van der Waals surface area contributed by atoms with E-state index < -0.39 is 10.0 Å². The van der Waals surface area contributed by atoms with Gasteiger partial charge in [-0.2, -0.15) is 0 Å². The standard InChI is InChI=1S/C24H33N5O2S/c1-5-29-23-11-10-21(32(30,31)26(3)4)16-22(23)25-24(29)18-28-14-12-27(13-15-28)17-20-9-7-6-8-19(20)2/h6-11,16H,5,12-15,17-18H2,1-4H3. The lowest BCUT2D eigenvalue weighted by Gasteiger charge is -2.34. The molecule has 0 amide bonds. The zero-order chi connectivity index (χ0) is 22.9. The largest absolute Gasteiger partial charge is 0.327 e. The molecule has 0 N–H and O–H groups in total. The van der Waals surface area contributed by atoms with Crippen LogP contribution < -0.4 is 0 Å². The van der Waals surface area contributed by atoms with Crippen LogP contribution in [0, 0.1) is 6.92 Å². The molecule has 4 rings (SSSR count). The number of piperazine rings is 1. The molecule has 1 saturated heterocycles. The van der Waals surface area contributed by atoms with Crippen molar-refractivity contribution in [2.75, 3.05) is 40.3 Å². The third-order valence-electron chi connectivity index (χ3n) is 6.38. The molecule has 0 spiro atoms. The minimum Gasteiger partial charge on any atom is -0.327 e. The summed E-state index contributed by atoms with van der Waals surface area (Å²) in [5.74, 6) is 0.995. The second kappa shape index (κ2) is 9.31. The molecule has 0 saturated carbocycles. The molecular weight excluding hydrogens is 422 g/mol. The van der Waals surface area contributed by atoms with Crippen LogP contribution in [0.2, 0.25) is 0 Å². The van der Waals surface area contributed by atoms with E-state index in [-0.39, 0.29) is 4.90 Å². The molecule has 8 heteroatoms. The molecule has 7 nitrogen and oxygen atoms in total. The van der Waals surface area contributed by atoms with Crippen molar-refractivity contribution in [3.05, 3.63) is 59.4 Å². The Bertz CT molecular complexity index is 1190. The van der Waals surface area contributed by atoms with Crippen molar-refractivity contribution >= 4 is 21.1 Å². The number of hydrogen-bond acceptors (Lipinski definition) is 5. The second-order valence-electron chi connectivity index (χ2n) is 8.69. The van der Waals surface area contributed by atoms with E-state index >= 15 is 0 Å². The van der Waals surface area contributed by atoms with Crippen LogP contribution in [0.3, 0.4) is 0 Å². The molecule has 1 aliphatic heterocycles. The van der Waals surface area contributed by atoms with Crippen molar-refractivity contribution in [1.82, 2.24) is 23.7 Å². The molecule has 0 aliphatic carbocycles. The van der Waals surface area contributed by atoms with Crippen LogP contribution in [0.25, 0.3) is 11.0 Å². The Balaban J connectivity index is 1.47. The number of fused-ring (bicyclic) bond motifs is 1. The summed E-state index contributed by atoms with van der Waals surface area (Å²) in [6.45, 7) is 10.9. The summed E-state index contributed by atoms with van der Waals surface area (Å²) in [4.78, 5) is 10.1. The number of hydrogen-bond donors (Lipinski definition) is 0. The molecule has 2 heterocycles. The van der Waals surface area contributed by atoms with Crippen LogP contribution in [-0.2, 0) is 29.7 Å². The number of sulfonamides is 1. The predicted molar refractivity (Wildman–Crippen MR) is 128 cm³/mol. The highest BCUT2D eigenvalue weighted by Crippen LogP contribution is 2.23. The van der Waals surface area contributed by atoms with Gasteiger partial charge >= 0.3 is 0 Å². The molecule has 1 aromatic heterocycles. The molecule has 172 valence electrons. The van der Waals surface area contributed by atoms with E-state index in [1.54, 1.807) is 26.2 Å². The van der Waals surface area contributed by atoms with Gasteiger partial charge in [-0.15, -0.1) is 0 Å². The Hall–Kier alpha value is -2.26. The van der Waals surface area contributed by atoms with E-state index in [0.29, 0.717) is 0 Å². The predicted octanol–water partition coefficient (Wildman–Crippen LogP) is 2.93. The van der Waals surface area contributed by atoms with Gasteiger partial charge < -0.3 is 4.57 Å². The number of aromatic nitrogens is 2. The lowest BCUT2D eigenvalue weighted by atomic mass is 10.1. The average molecular weight is 456 g/mol. The highest BCUT2D eigenvalue weighted by molar-refractivity contribution is 7.89. The van der Waals surface area contributed by atoms with Crippen molar-refractivity contribution in [2.24, 2.45) is 0 Å². The molecular formula is C24H33N5O2S. The number of benzene rings is 2. The summed E-state index contributed by atoms with van der Waals surface area (Å²) in [6, 6.07) is 13.9. The van der Waals surface area contributed by atoms with Gasteiger partial charge in [0, 0.05) is 53.4 Å². The summed E-state index contributed by atoms with van der Waals surface area (Å²) < 4.78 is 28.5. The number of imidazole rings is 1. The molecule has 32 heavy (non-hydrogen) atoms. The highest BCUT2D eigenvalue weighted by atomic mass is 32.2. The maximum atomic E-state index is 12.5. The van der Waals surface area contributed by atoms with Crippen LogP contribution in [0.4, 0.5) is 0 Å². The lowest BCUT2D eigenvalue weighted by Crippen LogP contribution is -2.45. The Kier molecular flexibility index (Phi) is 6.67. The third-order valence-corrected chi connectivity index (χ3v) is 8.19. The molecule has 0 unspecified atom stereocenters. The Morgan fingerprint density at radius 1 is 0.969 bits per heavy atom. The Morgan fingerprint density at radius 3 is 2.25 bits per heavy atom. The first kappa shape index (κ1) is 22.9. The Morgan fingerprint density at radius 2 is 1.62 bits per heavy atom. The monoisotopic (exact) mass is 455 g/mol. The van der Waals surface area contributed by atoms with Gasteiger partial charge in [0.15, 0.2) is 0 Å². The van der Waals surface area contributed by atoms with E-state index in [1.165, 1.54) is 15.4 Å². The van der Waals surface area contributed by atoms with Gasteiger partial charge in [0.2, 0.25) is 10.0 Å². The SMILES string of the molecule is CCn1c(CN2CCN(Cc3ccccc3C)CC2)nc2cc(S(=O)(=O)N(C)C)ccc21. The third kappa shape index (κ3) is 4.59. The van der Waals surface area contributed by atoms with E-state index in [4.69, 9.17) is 4.98 Å². The van der Waals surface area contributed by atoms with Gasteiger partial charge in [-0.25, -0.2) is 17.7 Å². The molecule has 0 radical (unpaired) electrons. The number of rotatable bonds is 7. The van der Waals surface area contributed by atoms with Crippen molar-refractivity contribution in [3.8, 4) is 0 Å². The summed E-state index contributed by atoms with van der Waals surface area (Å²) in [5.41, 5.74) is 4.47. The van der Waals surface area contributed by atoms with E-state index in [1.807, 2.05) is 6.07 Å². The fourth-order valence-corrected chi connectivity index (χ4v) is 5.26. The fraction of sp³-hybridized carbons (Fsp3) is 0.458. The van der Waals surface area contributed by atoms with E-state index in [9.17, 15) is 8.42 Å². The van der Waals surface area contributed by atoms with Gasteiger partial charge in [-0.05, 0) is 43.2 Å². The van der Waals surface area contributed by atoms with Gasteiger partial charge in [0.25, 0.3) is 0 Å². The zero-order valence-electron chi connectivity index (χ0n) is 19.5. The summed E-state index contributed by atoms with van der Waals surface area (Å²) in [7, 11) is -0.373. The first-order valence-corrected chi connectivity index (χ1v) is 12.6. The minimum absolute atomic E-state index is 0.284. The first-order chi connectivity index (χ1) is 15.3. The number of nitrogens with zero attached hydrogens (tertiary/aromatic N) is 5. The zero-order valence-corrected chi connectivity index (χ0v) is 20.3. The smallest absolute Gasteiger partial charge is 0.242 e. The van der Waals surface area contributed by atoms with Crippen LogP contribution in [-0.4, -0.2) is 72.3 Å². The normalized spacial score (nSPS) is 16.3. The summed E-state index contributed by atoms with van der Waals surface area (Å²) in [6.07, 6.45) is 0. The fourth-order valence-electron chi connectivity index (χ4n) is 4.34. The van der Waals surface area contributed by atoms with Crippen LogP contribution in [0.1, 0.15) is 23.9 Å². The van der Waals surface area contributed by atoms with Crippen LogP contribution >= 0.6 is 0 Å². The first-order valence-electron chi connectivity index (χ1n) is 11.2. The topological polar surface area (TPSA) is 61.7 Å². The van der Waals surface area contributed by atoms with Crippen molar-refractivity contribution in [2.45, 2.75) is 38.4 Å². The van der Waals surface area contributed by atoms with Gasteiger partial charge in [0.1, 0.15) is 5.82 Å². The second-order valence-corrected chi connectivity index (χ2v) is 10.8. The van der Waals surface area contributed by atoms with Crippen LogP contribution in [0.5, 0.6) is 0 Å². The van der Waals surface area contributed by atoms with E-state index in [2.05, 4.69) is 52.5 Å². The van der Waals surface area contributed by atoms with E-state index in [0.717, 1.165) is 62.7 Å². The molecule has 1 fully saturated rings. The minimum atomic E-state index is -3.47.